The first-order valence-electron chi connectivity index (χ1n) is 6.03. The van der Waals surface area contributed by atoms with E-state index in [2.05, 4.69) is 47.5 Å². The maximum atomic E-state index is 11.8. The molecule has 2 N–H and O–H groups in total. The summed E-state index contributed by atoms with van der Waals surface area (Å²) >= 11 is 6.70. The van der Waals surface area contributed by atoms with E-state index in [0.717, 1.165) is 20.3 Å². The van der Waals surface area contributed by atoms with Crippen LogP contribution in [-0.2, 0) is 4.79 Å². The summed E-state index contributed by atoms with van der Waals surface area (Å²) in [5.74, 6) is -0.0252. The van der Waals surface area contributed by atoms with Gasteiger partial charge in [0, 0.05) is 33.8 Å². The largest absolute Gasteiger partial charge is 0.383 e. The number of carbonyl (C=O) groups is 1. The zero-order valence-corrected chi connectivity index (χ0v) is 13.7. The van der Waals surface area contributed by atoms with Gasteiger partial charge in [-0.25, -0.2) is 0 Å². The average molecular weight is 399 g/mol. The van der Waals surface area contributed by atoms with Crippen molar-refractivity contribution in [1.29, 1.82) is 0 Å². The minimum absolute atomic E-state index is 0.0252. The summed E-state index contributed by atoms with van der Waals surface area (Å²) in [7, 11) is 0. The number of halogens is 2. The molecule has 0 saturated carbocycles. The molecule has 0 spiro atoms. The number of hydrogen-bond donors (Lipinski definition) is 2. The molecule has 104 valence electrons. The van der Waals surface area contributed by atoms with Crippen molar-refractivity contribution in [2.24, 2.45) is 0 Å². The molecule has 0 aliphatic carbocycles. The van der Waals surface area contributed by atoms with Crippen LogP contribution in [0.2, 0.25) is 0 Å². The molecule has 4 nitrogen and oxygen atoms in total. The topological polar surface area (TPSA) is 54.0 Å². The van der Waals surface area contributed by atoms with Crippen molar-refractivity contribution in [3.63, 3.8) is 0 Å². The lowest BCUT2D eigenvalue weighted by atomic mass is 10.3. The van der Waals surface area contributed by atoms with Crippen LogP contribution in [0.5, 0.6) is 0 Å². The summed E-state index contributed by atoms with van der Waals surface area (Å²) < 4.78 is 1.89. The molecule has 0 aliphatic rings. The second-order valence-corrected chi connectivity index (χ2v) is 5.96. The first-order chi connectivity index (χ1) is 9.63. The normalized spacial score (nSPS) is 10.1. The van der Waals surface area contributed by atoms with Crippen LogP contribution in [0, 0.1) is 0 Å². The summed E-state index contributed by atoms with van der Waals surface area (Å²) in [4.78, 5) is 15.8. The van der Waals surface area contributed by atoms with Crippen molar-refractivity contribution in [3.8, 4) is 0 Å². The number of nitrogens with zero attached hydrogens (tertiary/aromatic N) is 1. The molecule has 6 heteroatoms. The van der Waals surface area contributed by atoms with Gasteiger partial charge in [0.25, 0.3) is 0 Å². The van der Waals surface area contributed by atoms with E-state index in [4.69, 9.17) is 0 Å². The van der Waals surface area contributed by atoms with Gasteiger partial charge in [0.05, 0.1) is 11.9 Å². The Hall–Kier alpha value is -1.40. The van der Waals surface area contributed by atoms with Gasteiger partial charge < -0.3 is 10.6 Å². The molecule has 1 aromatic heterocycles. The third-order valence-corrected chi connectivity index (χ3v) is 3.48. The molecule has 0 radical (unpaired) electrons. The summed E-state index contributed by atoms with van der Waals surface area (Å²) in [5, 5.41) is 5.99. The Morgan fingerprint density at radius 2 is 1.80 bits per heavy atom. The van der Waals surface area contributed by atoms with Crippen molar-refractivity contribution >= 4 is 49.1 Å². The predicted molar refractivity (Wildman–Crippen MR) is 87.8 cm³/mol. The lowest BCUT2D eigenvalue weighted by Crippen LogP contribution is -2.16. The Morgan fingerprint density at radius 1 is 1.05 bits per heavy atom. The van der Waals surface area contributed by atoms with E-state index in [9.17, 15) is 4.79 Å². The third-order valence-electron chi connectivity index (χ3n) is 2.51. The highest BCUT2D eigenvalue weighted by Crippen LogP contribution is 2.15. The molecule has 0 fully saturated rings. The summed E-state index contributed by atoms with van der Waals surface area (Å²) in [5.41, 5.74) is 1.68. The maximum absolute atomic E-state index is 11.8. The second kappa shape index (κ2) is 7.40. The van der Waals surface area contributed by atoms with E-state index in [1.54, 1.807) is 12.4 Å². The number of amides is 1. The summed E-state index contributed by atoms with van der Waals surface area (Å²) in [6, 6.07) is 9.41. The predicted octanol–water partition coefficient (Wildman–Crippen LogP) is 4.05. The number of pyridine rings is 1. The van der Waals surface area contributed by atoms with Crippen LogP contribution in [0.15, 0.2) is 51.7 Å². The third kappa shape index (κ3) is 4.94. The average Bonchev–Trinajstić information content (AvgIpc) is 2.41. The van der Waals surface area contributed by atoms with Gasteiger partial charge in [-0.05, 0) is 46.3 Å². The number of carbonyl (C=O) groups excluding carboxylic acids is 1. The smallest absolute Gasteiger partial charge is 0.226 e. The number of hydrogen-bond acceptors (Lipinski definition) is 3. The van der Waals surface area contributed by atoms with Gasteiger partial charge in [-0.3, -0.25) is 9.78 Å². The van der Waals surface area contributed by atoms with Crippen LogP contribution >= 0.6 is 31.9 Å². The van der Waals surface area contributed by atoms with Gasteiger partial charge in [0.1, 0.15) is 0 Å². The molecule has 2 rings (SSSR count). The Morgan fingerprint density at radius 3 is 2.50 bits per heavy atom. The van der Waals surface area contributed by atoms with Crippen LogP contribution in [0.25, 0.3) is 0 Å². The molecular formula is C14H13Br2N3O. The van der Waals surface area contributed by atoms with E-state index in [-0.39, 0.29) is 5.91 Å². The highest BCUT2D eigenvalue weighted by atomic mass is 79.9. The molecule has 1 aromatic carbocycles. The molecule has 0 aliphatic heterocycles. The Bertz CT molecular complexity index is 587. The Balaban J connectivity index is 1.76. The van der Waals surface area contributed by atoms with Crippen molar-refractivity contribution in [1.82, 2.24) is 4.98 Å². The van der Waals surface area contributed by atoms with E-state index in [1.165, 1.54) is 0 Å². The van der Waals surface area contributed by atoms with Gasteiger partial charge in [0.2, 0.25) is 5.91 Å². The molecule has 1 heterocycles. The fourth-order valence-corrected chi connectivity index (χ4v) is 2.21. The SMILES string of the molecule is O=C(CCNc1cncc(Br)c1)Nc1ccc(Br)cc1. The molecule has 0 bridgehead atoms. The zero-order chi connectivity index (χ0) is 14.4. The lowest BCUT2D eigenvalue weighted by molar-refractivity contribution is -0.115. The van der Waals surface area contributed by atoms with Crippen molar-refractivity contribution < 1.29 is 4.79 Å². The monoisotopic (exact) mass is 397 g/mol. The fourth-order valence-electron chi connectivity index (χ4n) is 1.59. The van der Waals surface area contributed by atoms with Gasteiger partial charge >= 0.3 is 0 Å². The van der Waals surface area contributed by atoms with Gasteiger partial charge in [-0.15, -0.1) is 0 Å². The van der Waals surface area contributed by atoms with Gasteiger partial charge in [-0.1, -0.05) is 15.9 Å². The molecule has 0 saturated heterocycles. The maximum Gasteiger partial charge on any atom is 0.226 e. The van der Waals surface area contributed by atoms with E-state index in [0.29, 0.717) is 13.0 Å². The van der Waals surface area contributed by atoms with Crippen LogP contribution in [0.4, 0.5) is 11.4 Å². The molecule has 0 atom stereocenters. The van der Waals surface area contributed by atoms with Crippen molar-refractivity contribution in [3.05, 3.63) is 51.7 Å². The number of nitrogens with one attached hydrogen (secondary N) is 2. The molecule has 20 heavy (non-hydrogen) atoms. The molecule has 0 unspecified atom stereocenters. The lowest BCUT2D eigenvalue weighted by Gasteiger charge is -2.07. The zero-order valence-electron chi connectivity index (χ0n) is 10.6. The van der Waals surface area contributed by atoms with Crippen LogP contribution in [0.3, 0.4) is 0 Å². The van der Waals surface area contributed by atoms with Gasteiger partial charge in [0.15, 0.2) is 0 Å². The first-order valence-corrected chi connectivity index (χ1v) is 7.62. The van der Waals surface area contributed by atoms with Crippen molar-refractivity contribution in [2.75, 3.05) is 17.2 Å². The molecule has 1 amide bonds. The fraction of sp³-hybridized carbons (Fsp3) is 0.143. The number of aromatic nitrogens is 1. The molecular weight excluding hydrogens is 386 g/mol. The minimum atomic E-state index is -0.0252. The van der Waals surface area contributed by atoms with Crippen LogP contribution in [0.1, 0.15) is 6.42 Å². The van der Waals surface area contributed by atoms with E-state index >= 15 is 0 Å². The minimum Gasteiger partial charge on any atom is -0.383 e. The highest BCUT2D eigenvalue weighted by molar-refractivity contribution is 9.10. The summed E-state index contributed by atoms with van der Waals surface area (Å²) in [6.45, 7) is 0.556. The summed E-state index contributed by atoms with van der Waals surface area (Å²) in [6.07, 6.45) is 3.82. The first kappa shape index (κ1) is 15.0. The van der Waals surface area contributed by atoms with Crippen molar-refractivity contribution in [2.45, 2.75) is 6.42 Å². The number of anilines is 2. The van der Waals surface area contributed by atoms with Crippen LogP contribution in [-0.4, -0.2) is 17.4 Å². The van der Waals surface area contributed by atoms with Crippen LogP contribution < -0.4 is 10.6 Å². The Kier molecular flexibility index (Phi) is 5.55. The molecule has 2 aromatic rings. The number of benzene rings is 1. The second-order valence-electron chi connectivity index (χ2n) is 4.12. The number of rotatable bonds is 5. The Labute approximate surface area is 134 Å². The van der Waals surface area contributed by atoms with Gasteiger partial charge in [-0.2, -0.15) is 0 Å². The van der Waals surface area contributed by atoms with E-state index in [1.807, 2.05) is 30.3 Å². The quantitative estimate of drug-likeness (QED) is 0.798. The highest BCUT2D eigenvalue weighted by Gasteiger charge is 2.02. The standard InChI is InChI=1S/C14H13Br2N3O/c15-10-1-3-12(4-2-10)19-14(20)5-6-18-13-7-11(16)8-17-9-13/h1-4,7-9,18H,5-6H2,(H,19,20). The van der Waals surface area contributed by atoms with E-state index < -0.39 is 0 Å².